The number of aryl methyl sites for hydroxylation is 2. The zero-order chi connectivity index (χ0) is 27.6. The largest absolute Gasteiger partial charge is 0.360 e. The predicted octanol–water partition coefficient (Wildman–Crippen LogP) is 4.95. The molecule has 1 aliphatic heterocycles. The number of rotatable bonds is 6. The van der Waals surface area contributed by atoms with Gasteiger partial charge in [0.25, 0.3) is 11.8 Å². The van der Waals surface area contributed by atoms with E-state index in [-0.39, 0.29) is 11.5 Å². The number of carbonyl (C=O) groups is 2. The summed E-state index contributed by atoms with van der Waals surface area (Å²) in [6.45, 7) is 5.46. The van der Waals surface area contributed by atoms with Crippen LogP contribution in [0.25, 0.3) is 17.0 Å². The summed E-state index contributed by atoms with van der Waals surface area (Å²) in [5.41, 5.74) is 4.98. The van der Waals surface area contributed by atoms with Crippen LogP contribution in [0.2, 0.25) is 0 Å². The summed E-state index contributed by atoms with van der Waals surface area (Å²) in [5, 5.41) is 26.0. The molecule has 194 valence electrons. The number of hydrogen-bond acceptors (Lipinski definition) is 7. The molecule has 1 aromatic heterocycles. The second kappa shape index (κ2) is 10.2. The van der Waals surface area contributed by atoms with Gasteiger partial charge in [0.15, 0.2) is 5.79 Å². The molecular weight excluding hydrogens is 492 g/mol. The first-order valence-corrected chi connectivity index (χ1v) is 12.3. The molecule has 2 amide bonds. The molecule has 9 nitrogen and oxygen atoms in total. The molecule has 1 atom stereocenters. The minimum Gasteiger partial charge on any atom is -0.360 e. The lowest BCUT2D eigenvalue weighted by molar-refractivity contribution is -0.119. The zero-order valence-electron chi connectivity index (χ0n) is 21.6. The van der Waals surface area contributed by atoms with E-state index < -0.39 is 11.7 Å². The molecule has 4 N–H and O–H groups in total. The summed E-state index contributed by atoms with van der Waals surface area (Å²) in [5.74, 6) is -1.50. The van der Waals surface area contributed by atoms with E-state index >= 15 is 0 Å². The van der Waals surface area contributed by atoms with Crippen LogP contribution >= 0.6 is 0 Å². The van der Waals surface area contributed by atoms with Crippen LogP contribution in [0.3, 0.4) is 0 Å². The predicted molar refractivity (Wildman–Crippen MR) is 148 cm³/mol. The maximum absolute atomic E-state index is 13.2. The highest BCUT2D eigenvalue weighted by molar-refractivity contribution is 6.09. The van der Waals surface area contributed by atoms with E-state index in [0.29, 0.717) is 34.0 Å². The molecule has 9 heteroatoms. The number of nitriles is 1. The number of anilines is 2. The average molecular weight is 519 g/mol. The van der Waals surface area contributed by atoms with Crippen molar-refractivity contribution in [2.75, 3.05) is 10.6 Å². The molecule has 0 saturated heterocycles. The third-order valence-corrected chi connectivity index (χ3v) is 6.34. The van der Waals surface area contributed by atoms with Crippen LogP contribution in [0.5, 0.6) is 0 Å². The normalized spacial score (nSPS) is 16.6. The van der Waals surface area contributed by atoms with E-state index in [4.69, 9.17) is 4.52 Å². The van der Waals surface area contributed by atoms with Gasteiger partial charge in [0.05, 0.1) is 5.70 Å². The van der Waals surface area contributed by atoms with Crippen molar-refractivity contribution in [3.63, 3.8) is 0 Å². The highest BCUT2D eigenvalue weighted by Gasteiger charge is 2.35. The van der Waals surface area contributed by atoms with Crippen molar-refractivity contribution in [1.29, 1.82) is 5.26 Å². The molecule has 39 heavy (non-hydrogen) atoms. The van der Waals surface area contributed by atoms with Gasteiger partial charge in [-0.1, -0.05) is 65.3 Å². The molecule has 0 fully saturated rings. The number of hydrogen-bond donors (Lipinski definition) is 4. The molecule has 0 aliphatic carbocycles. The smallest absolute Gasteiger partial charge is 0.267 e. The Kier molecular flexibility index (Phi) is 6.61. The second-order valence-corrected chi connectivity index (χ2v) is 9.42. The minimum absolute atomic E-state index is 0.0393. The van der Waals surface area contributed by atoms with Gasteiger partial charge in [-0.2, -0.15) is 5.26 Å². The minimum atomic E-state index is -1.05. The van der Waals surface area contributed by atoms with Gasteiger partial charge in [0.2, 0.25) is 0 Å². The Morgan fingerprint density at radius 1 is 0.923 bits per heavy atom. The lowest BCUT2D eigenvalue weighted by Gasteiger charge is -2.39. The molecule has 3 aromatic carbocycles. The lowest BCUT2D eigenvalue weighted by Crippen LogP contribution is -2.64. The van der Waals surface area contributed by atoms with Gasteiger partial charge in [-0.25, -0.2) is 0 Å². The molecule has 0 radical (unpaired) electrons. The van der Waals surface area contributed by atoms with Gasteiger partial charge < -0.3 is 25.8 Å². The monoisotopic (exact) mass is 518 g/mol. The first-order valence-electron chi connectivity index (χ1n) is 12.3. The Bertz CT molecular complexity index is 1620. The van der Waals surface area contributed by atoms with Crippen molar-refractivity contribution in [2.24, 2.45) is 0 Å². The van der Waals surface area contributed by atoms with Gasteiger partial charge in [0, 0.05) is 16.9 Å². The van der Waals surface area contributed by atoms with Crippen LogP contribution in [0, 0.1) is 25.2 Å². The molecule has 2 heterocycles. The fourth-order valence-electron chi connectivity index (χ4n) is 4.40. The van der Waals surface area contributed by atoms with Gasteiger partial charge >= 0.3 is 0 Å². The van der Waals surface area contributed by atoms with Gasteiger partial charge in [-0.3, -0.25) is 9.59 Å². The maximum Gasteiger partial charge on any atom is 0.267 e. The fourth-order valence-corrected chi connectivity index (χ4v) is 4.40. The molecular formula is C30H26N6O3. The quantitative estimate of drug-likeness (QED) is 0.284. The standard InChI is InChI=1S/C30H26N6O3/c1-18-9-13-23(14-10-18)33-30(3)34-26(24(17-31)28(37)35-30)21-11-15-22(16-12-21)32-29(38)25-19(2)39-36-27(25)20-7-5-4-6-8-20/h4-16,33-34H,1-3H3,(H,32,38)(H,35,37). The summed E-state index contributed by atoms with van der Waals surface area (Å²) in [6.07, 6.45) is 0. The molecule has 1 unspecified atom stereocenters. The molecule has 0 bridgehead atoms. The summed E-state index contributed by atoms with van der Waals surface area (Å²) < 4.78 is 5.31. The summed E-state index contributed by atoms with van der Waals surface area (Å²) in [6, 6.07) is 26.0. The van der Waals surface area contributed by atoms with Crippen molar-refractivity contribution in [3.05, 3.63) is 107 Å². The molecule has 0 saturated carbocycles. The van der Waals surface area contributed by atoms with E-state index in [1.165, 1.54) is 0 Å². The number of amides is 2. The number of aromatic nitrogens is 1. The van der Waals surface area contributed by atoms with E-state index in [2.05, 4.69) is 26.4 Å². The topological polar surface area (TPSA) is 132 Å². The van der Waals surface area contributed by atoms with Crippen LogP contribution in [0.15, 0.2) is 89.0 Å². The highest BCUT2D eigenvalue weighted by atomic mass is 16.5. The summed E-state index contributed by atoms with van der Waals surface area (Å²) >= 11 is 0. The number of nitrogens with one attached hydrogen (secondary N) is 4. The Labute approximate surface area is 225 Å². The van der Waals surface area contributed by atoms with Gasteiger partial charge in [-0.05, 0) is 50.6 Å². The number of carbonyl (C=O) groups excluding carboxylic acids is 2. The van der Waals surface area contributed by atoms with Crippen LogP contribution < -0.4 is 21.3 Å². The molecule has 1 aliphatic rings. The SMILES string of the molecule is Cc1ccc(NC2(C)NC(=O)C(C#N)=C(c3ccc(NC(=O)c4c(-c5ccccc5)noc4C)cc3)N2)cc1. The van der Waals surface area contributed by atoms with Crippen LogP contribution in [-0.2, 0) is 4.79 Å². The van der Waals surface area contributed by atoms with Crippen molar-refractivity contribution in [1.82, 2.24) is 15.8 Å². The Hall–Kier alpha value is -5.36. The molecule has 4 aromatic rings. The third-order valence-electron chi connectivity index (χ3n) is 6.34. The number of nitrogens with zero attached hydrogens (tertiary/aromatic N) is 2. The third kappa shape index (κ3) is 5.22. The van der Waals surface area contributed by atoms with E-state index in [9.17, 15) is 14.9 Å². The van der Waals surface area contributed by atoms with Crippen LogP contribution in [0.4, 0.5) is 11.4 Å². The number of benzene rings is 3. The maximum atomic E-state index is 13.2. The lowest BCUT2D eigenvalue weighted by atomic mass is 10.0. The van der Waals surface area contributed by atoms with Gasteiger partial charge in [0.1, 0.15) is 28.7 Å². The Morgan fingerprint density at radius 3 is 2.26 bits per heavy atom. The van der Waals surface area contributed by atoms with Crippen molar-refractivity contribution >= 4 is 28.9 Å². The van der Waals surface area contributed by atoms with E-state index in [1.54, 1.807) is 38.1 Å². The first kappa shape index (κ1) is 25.3. The van der Waals surface area contributed by atoms with Gasteiger partial charge in [-0.15, -0.1) is 0 Å². The van der Waals surface area contributed by atoms with Crippen LogP contribution in [0.1, 0.15) is 34.2 Å². The van der Waals surface area contributed by atoms with Crippen LogP contribution in [-0.4, -0.2) is 22.8 Å². The fraction of sp³-hybridized carbons (Fsp3) is 0.133. The van der Waals surface area contributed by atoms with E-state index in [0.717, 1.165) is 16.8 Å². The Morgan fingerprint density at radius 2 is 1.59 bits per heavy atom. The molecule has 0 spiro atoms. The zero-order valence-corrected chi connectivity index (χ0v) is 21.6. The van der Waals surface area contributed by atoms with E-state index in [1.807, 2.05) is 67.6 Å². The summed E-state index contributed by atoms with van der Waals surface area (Å²) in [4.78, 5) is 26.0. The highest BCUT2D eigenvalue weighted by Crippen LogP contribution is 2.28. The average Bonchev–Trinajstić information content (AvgIpc) is 3.32. The van der Waals surface area contributed by atoms with Crippen molar-refractivity contribution in [3.8, 4) is 17.3 Å². The van der Waals surface area contributed by atoms with Crippen molar-refractivity contribution in [2.45, 2.75) is 26.6 Å². The summed E-state index contributed by atoms with van der Waals surface area (Å²) in [7, 11) is 0. The second-order valence-electron chi connectivity index (χ2n) is 9.42. The molecule has 5 rings (SSSR count). The Balaban J connectivity index is 1.37. The van der Waals surface area contributed by atoms with Crippen molar-refractivity contribution < 1.29 is 14.1 Å². The first-order chi connectivity index (χ1) is 18.8.